The maximum absolute atomic E-state index is 11.2. The Morgan fingerprint density at radius 1 is 1.71 bits per heavy atom. The van der Waals surface area contributed by atoms with Gasteiger partial charge in [0.25, 0.3) is 0 Å². The summed E-state index contributed by atoms with van der Waals surface area (Å²) in [4.78, 5) is 16.1. The van der Waals surface area contributed by atoms with Crippen LogP contribution >= 0.6 is 0 Å². The molecule has 0 bridgehead atoms. The fourth-order valence-electron chi connectivity index (χ4n) is 0.621. The van der Waals surface area contributed by atoms with E-state index < -0.39 is 27.8 Å². The van der Waals surface area contributed by atoms with E-state index in [2.05, 4.69) is 4.84 Å². The minimum atomic E-state index is -3.86. The van der Waals surface area contributed by atoms with E-state index in [1.54, 1.807) is 17.9 Å². The van der Waals surface area contributed by atoms with Gasteiger partial charge in [0.15, 0.2) is 5.25 Å². The quantitative estimate of drug-likeness (QED) is 0.535. The molecule has 80 valence electrons. The SMILES string of the molecule is CCC(C#N)S(=O)(=O)NOCC(N)=O. The molecule has 1 amide bonds. The normalized spacial score (nSPS) is 13.1. The Bertz CT molecular complexity index is 331. The van der Waals surface area contributed by atoms with Crippen LogP contribution in [-0.2, 0) is 19.7 Å². The molecule has 0 rings (SSSR count). The number of carbonyl (C=O) groups excluding carboxylic acids is 1. The third-order valence-corrected chi connectivity index (χ3v) is 2.82. The first-order valence-electron chi connectivity index (χ1n) is 3.74. The van der Waals surface area contributed by atoms with Crippen molar-refractivity contribution in [1.82, 2.24) is 4.89 Å². The van der Waals surface area contributed by atoms with E-state index in [0.717, 1.165) is 0 Å². The lowest BCUT2D eigenvalue weighted by Gasteiger charge is -2.08. The molecular weight excluding hydrogens is 210 g/mol. The number of rotatable bonds is 6. The van der Waals surface area contributed by atoms with E-state index in [0.29, 0.717) is 0 Å². The van der Waals surface area contributed by atoms with Crippen molar-refractivity contribution in [2.45, 2.75) is 18.6 Å². The van der Waals surface area contributed by atoms with Crippen LogP contribution in [0.5, 0.6) is 0 Å². The molecule has 1 atom stereocenters. The van der Waals surface area contributed by atoms with Crippen LogP contribution in [0, 0.1) is 11.3 Å². The summed E-state index contributed by atoms with van der Waals surface area (Å²) in [7, 11) is -3.86. The summed E-state index contributed by atoms with van der Waals surface area (Å²) in [5.74, 6) is -0.808. The van der Waals surface area contributed by atoms with Crippen LogP contribution in [0.2, 0.25) is 0 Å². The molecule has 0 aromatic heterocycles. The second-order valence-electron chi connectivity index (χ2n) is 2.41. The highest BCUT2D eigenvalue weighted by atomic mass is 32.2. The summed E-state index contributed by atoms with van der Waals surface area (Å²) in [6, 6.07) is 1.58. The maximum Gasteiger partial charge on any atom is 0.249 e. The molecule has 0 aliphatic carbocycles. The van der Waals surface area contributed by atoms with Crippen LogP contribution in [0.3, 0.4) is 0 Å². The number of nitrogens with zero attached hydrogens (tertiary/aromatic N) is 1. The molecule has 0 spiro atoms. The van der Waals surface area contributed by atoms with Crippen molar-refractivity contribution in [3.63, 3.8) is 0 Å². The third kappa shape index (κ3) is 4.18. The summed E-state index contributed by atoms with van der Waals surface area (Å²) in [5, 5.41) is 7.26. The summed E-state index contributed by atoms with van der Waals surface area (Å²) >= 11 is 0. The molecule has 0 aromatic carbocycles. The molecule has 0 fully saturated rings. The van der Waals surface area contributed by atoms with Crippen LogP contribution in [0.25, 0.3) is 0 Å². The molecule has 0 radical (unpaired) electrons. The van der Waals surface area contributed by atoms with E-state index in [9.17, 15) is 13.2 Å². The van der Waals surface area contributed by atoms with Crippen molar-refractivity contribution >= 4 is 15.9 Å². The zero-order valence-corrected chi connectivity index (χ0v) is 8.37. The number of hydrogen-bond donors (Lipinski definition) is 2. The summed E-state index contributed by atoms with van der Waals surface area (Å²) in [6.45, 7) is 0.974. The van der Waals surface area contributed by atoms with Crippen LogP contribution < -0.4 is 10.6 Å². The molecule has 7 nitrogen and oxygen atoms in total. The molecular formula is C6H11N3O4S. The van der Waals surface area contributed by atoms with Gasteiger partial charge < -0.3 is 5.73 Å². The first kappa shape index (κ1) is 12.8. The van der Waals surface area contributed by atoms with Crippen molar-refractivity contribution in [2.75, 3.05) is 6.61 Å². The first-order chi connectivity index (χ1) is 6.44. The topological polar surface area (TPSA) is 122 Å². The van der Waals surface area contributed by atoms with E-state index in [-0.39, 0.29) is 6.42 Å². The number of nitriles is 1. The van der Waals surface area contributed by atoms with E-state index in [4.69, 9.17) is 11.0 Å². The zero-order valence-electron chi connectivity index (χ0n) is 7.56. The van der Waals surface area contributed by atoms with Gasteiger partial charge in [0.1, 0.15) is 6.61 Å². The van der Waals surface area contributed by atoms with Crippen LogP contribution in [0.15, 0.2) is 0 Å². The Balaban J connectivity index is 4.22. The van der Waals surface area contributed by atoms with Gasteiger partial charge in [-0.1, -0.05) is 11.8 Å². The summed E-state index contributed by atoms with van der Waals surface area (Å²) in [6.07, 6.45) is 0.131. The lowest BCUT2D eigenvalue weighted by molar-refractivity contribution is -0.123. The molecule has 1 unspecified atom stereocenters. The predicted molar refractivity (Wildman–Crippen MR) is 46.9 cm³/mol. The standard InChI is InChI=1S/C6H11N3O4S/c1-2-5(3-7)14(11,12)9-13-4-6(8)10/h5,9H,2,4H2,1H3,(H2,8,10). The Morgan fingerprint density at radius 3 is 2.64 bits per heavy atom. The van der Waals surface area contributed by atoms with Crippen molar-refractivity contribution in [1.29, 1.82) is 5.26 Å². The number of nitrogens with two attached hydrogens (primary N) is 1. The van der Waals surface area contributed by atoms with E-state index in [1.807, 2.05) is 0 Å². The molecule has 14 heavy (non-hydrogen) atoms. The largest absolute Gasteiger partial charge is 0.368 e. The lowest BCUT2D eigenvalue weighted by Crippen LogP contribution is -2.35. The monoisotopic (exact) mass is 221 g/mol. The van der Waals surface area contributed by atoms with Gasteiger partial charge in [0.2, 0.25) is 15.9 Å². The molecule has 0 aliphatic rings. The molecule has 0 aliphatic heterocycles. The fourth-order valence-corrected chi connectivity index (χ4v) is 1.54. The molecule has 0 heterocycles. The third-order valence-electron chi connectivity index (χ3n) is 1.28. The Morgan fingerprint density at radius 2 is 2.29 bits per heavy atom. The van der Waals surface area contributed by atoms with Crippen molar-refractivity contribution in [3.8, 4) is 6.07 Å². The minimum Gasteiger partial charge on any atom is -0.368 e. The fraction of sp³-hybridized carbons (Fsp3) is 0.667. The van der Waals surface area contributed by atoms with Gasteiger partial charge in [0, 0.05) is 0 Å². The maximum atomic E-state index is 11.2. The van der Waals surface area contributed by atoms with E-state index in [1.165, 1.54) is 0 Å². The van der Waals surface area contributed by atoms with Crippen LogP contribution in [-0.4, -0.2) is 26.2 Å². The molecule has 0 saturated heterocycles. The average Bonchev–Trinajstić information content (AvgIpc) is 2.04. The van der Waals surface area contributed by atoms with Gasteiger partial charge in [-0.25, -0.2) is 8.42 Å². The Labute approximate surface area is 81.8 Å². The average molecular weight is 221 g/mol. The number of amides is 1. The molecule has 0 saturated carbocycles. The molecule has 3 N–H and O–H groups in total. The Hall–Kier alpha value is -1.17. The second-order valence-corrected chi connectivity index (χ2v) is 4.24. The summed E-state index contributed by atoms with van der Waals surface area (Å²) < 4.78 is 22.3. The van der Waals surface area contributed by atoms with Gasteiger partial charge >= 0.3 is 0 Å². The Kier molecular flexibility index (Phi) is 5.07. The van der Waals surface area contributed by atoms with Gasteiger partial charge in [-0.3, -0.25) is 9.63 Å². The number of primary amides is 1. The number of hydrogen-bond acceptors (Lipinski definition) is 5. The van der Waals surface area contributed by atoms with E-state index >= 15 is 0 Å². The zero-order chi connectivity index (χ0) is 11.2. The highest BCUT2D eigenvalue weighted by Crippen LogP contribution is 2.01. The smallest absolute Gasteiger partial charge is 0.249 e. The van der Waals surface area contributed by atoms with Gasteiger partial charge in [-0.2, -0.15) is 5.26 Å². The molecule has 0 aromatic rings. The first-order valence-corrected chi connectivity index (χ1v) is 5.29. The van der Waals surface area contributed by atoms with Gasteiger partial charge in [0.05, 0.1) is 6.07 Å². The number of sulfonamides is 1. The van der Waals surface area contributed by atoms with Crippen molar-refractivity contribution < 1.29 is 18.0 Å². The molecule has 8 heteroatoms. The number of carbonyl (C=O) groups is 1. The lowest BCUT2D eigenvalue weighted by atomic mass is 10.4. The van der Waals surface area contributed by atoms with Gasteiger partial charge in [-0.15, -0.1) is 0 Å². The highest BCUT2D eigenvalue weighted by Gasteiger charge is 2.23. The second kappa shape index (κ2) is 5.54. The number of nitrogens with one attached hydrogen (secondary N) is 1. The van der Waals surface area contributed by atoms with Crippen LogP contribution in [0.4, 0.5) is 0 Å². The van der Waals surface area contributed by atoms with Crippen molar-refractivity contribution in [3.05, 3.63) is 0 Å². The summed E-state index contributed by atoms with van der Waals surface area (Å²) in [5.41, 5.74) is 4.70. The van der Waals surface area contributed by atoms with Gasteiger partial charge in [-0.05, 0) is 6.42 Å². The van der Waals surface area contributed by atoms with Crippen molar-refractivity contribution in [2.24, 2.45) is 5.73 Å². The predicted octanol–water partition coefficient (Wildman–Crippen LogP) is -1.38. The van der Waals surface area contributed by atoms with Crippen LogP contribution in [0.1, 0.15) is 13.3 Å². The highest BCUT2D eigenvalue weighted by molar-refractivity contribution is 7.90. The minimum absolute atomic E-state index is 0.131.